The molecule has 196 valence electrons. The van der Waals surface area contributed by atoms with Crippen molar-refractivity contribution in [2.75, 3.05) is 6.54 Å². The quantitative estimate of drug-likeness (QED) is 0.0756. The minimum absolute atomic E-state index is 0.0371. The molecule has 35 heavy (non-hydrogen) atoms. The number of hydrogen-bond donors (Lipinski definition) is 8. The zero-order valence-corrected chi connectivity index (χ0v) is 20.3. The Bertz CT molecular complexity index is 871. The smallest absolute Gasteiger partial charge is 0.325 e. The van der Waals surface area contributed by atoms with E-state index in [1.54, 1.807) is 6.92 Å². The van der Waals surface area contributed by atoms with Crippen LogP contribution in [0.3, 0.4) is 0 Å². The van der Waals surface area contributed by atoms with Crippen molar-refractivity contribution in [1.82, 2.24) is 25.9 Å². The summed E-state index contributed by atoms with van der Waals surface area (Å²) in [4.78, 5) is 60.3. The number of nitrogens with one attached hydrogen (secondary N) is 4. The number of carbonyl (C=O) groups is 4. The highest BCUT2D eigenvalue weighted by atomic mass is 16.4. The van der Waals surface area contributed by atoms with Gasteiger partial charge in [0, 0.05) is 24.9 Å². The first-order chi connectivity index (χ1) is 16.5. The Labute approximate surface area is 203 Å². The van der Waals surface area contributed by atoms with E-state index >= 15 is 0 Å². The van der Waals surface area contributed by atoms with Gasteiger partial charge in [-0.05, 0) is 25.7 Å². The lowest BCUT2D eigenvalue weighted by Gasteiger charge is -2.27. The standard InChI is InChI=1S/C21H37N9O5/c1-4-11(2)16(30-17(31)14(22)6-5-7-26-21(23)24)19(33)29-15(8-13-9-25-10-27-13)18(32)28-12(3)20(34)35/h9-12,14-16H,4-8,22H2,1-3H3,(H,25,27)(H,28,32)(H,29,33)(H,30,31)(H,34,35)(H4,23,24,26). The molecule has 0 saturated heterocycles. The number of carboxylic acid groups (broad SMARTS) is 1. The predicted molar refractivity (Wildman–Crippen MR) is 129 cm³/mol. The minimum atomic E-state index is -1.22. The van der Waals surface area contributed by atoms with Crippen LogP contribution in [-0.4, -0.2) is 75.4 Å². The van der Waals surface area contributed by atoms with E-state index in [9.17, 15) is 19.2 Å². The van der Waals surface area contributed by atoms with E-state index in [2.05, 4.69) is 30.9 Å². The molecule has 0 aliphatic carbocycles. The minimum Gasteiger partial charge on any atom is -0.480 e. The van der Waals surface area contributed by atoms with Crippen molar-refractivity contribution in [3.8, 4) is 0 Å². The van der Waals surface area contributed by atoms with Crippen LogP contribution in [0.15, 0.2) is 17.5 Å². The Hall–Kier alpha value is -3.68. The molecule has 3 amide bonds. The van der Waals surface area contributed by atoms with E-state index in [-0.39, 0.29) is 18.3 Å². The number of aliphatic carboxylic acids is 1. The zero-order chi connectivity index (χ0) is 26.5. The molecular weight excluding hydrogens is 458 g/mol. The second-order valence-corrected chi connectivity index (χ2v) is 8.34. The largest absolute Gasteiger partial charge is 0.480 e. The van der Waals surface area contributed by atoms with Crippen LogP contribution in [-0.2, 0) is 25.6 Å². The van der Waals surface area contributed by atoms with E-state index < -0.39 is 47.9 Å². The van der Waals surface area contributed by atoms with Crippen molar-refractivity contribution in [1.29, 1.82) is 0 Å². The predicted octanol–water partition coefficient (Wildman–Crippen LogP) is -2.06. The third-order valence-electron chi connectivity index (χ3n) is 5.44. The fraction of sp³-hybridized carbons (Fsp3) is 0.619. The first kappa shape index (κ1) is 29.4. The van der Waals surface area contributed by atoms with Crippen molar-refractivity contribution in [3.05, 3.63) is 18.2 Å². The van der Waals surface area contributed by atoms with Gasteiger partial charge in [-0.15, -0.1) is 0 Å². The summed E-state index contributed by atoms with van der Waals surface area (Å²) in [5, 5.41) is 16.8. The van der Waals surface area contributed by atoms with E-state index in [4.69, 9.17) is 22.3 Å². The van der Waals surface area contributed by atoms with Gasteiger partial charge in [-0.2, -0.15) is 0 Å². The molecule has 0 bridgehead atoms. The monoisotopic (exact) mass is 495 g/mol. The highest BCUT2D eigenvalue weighted by molar-refractivity contribution is 5.94. The van der Waals surface area contributed by atoms with Crippen molar-refractivity contribution in [2.45, 2.75) is 70.6 Å². The van der Waals surface area contributed by atoms with Gasteiger partial charge in [0.15, 0.2) is 5.96 Å². The maximum atomic E-state index is 13.2. The number of hydrogen-bond acceptors (Lipinski definition) is 7. The van der Waals surface area contributed by atoms with E-state index in [1.165, 1.54) is 19.4 Å². The van der Waals surface area contributed by atoms with Crippen LogP contribution in [0.2, 0.25) is 0 Å². The van der Waals surface area contributed by atoms with E-state index in [0.29, 0.717) is 31.5 Å². The first-order valence-corrected chi connectivity index (χ1v) is 11.4. The van der Waals surface area contributed by atoms with Crippen LogP contribution >= 0.6 is 0 Å². The van der Waals surface area contributed by atoms with Crippen LogP contribution in [0.4, 0.5) is 0 Å². The van der Waals surface area contributed by atoms with Gasteiger partial charge in [-0.25, -0.2) is 4.98 Å². The van der Waals surface area contributed by atoms with Crippen LogP contribution in [0.25, 0.3) is 0 Å². The molecule has 14 heteroatoms. The summed E-state index contributed by atoms with van der Waals surface area (Å²) in [7, 11) is 0. The molecule has 1 heterocycles. The number of H-pyrrole nitrogens is 1. The number of nitrogens with two attached hydrogens (primary N) is 3. The number of carbonyl (C=O) groups excluding carboxylic acids is 3. The lowest BCUT2D eigenvalue weighted by atomic mass is 9.97. The second kappa shape index (κ2) is 14.6. The van der Waals surface area contributed by atoms with Gasteiger partial charge in [0.2, 0.25) is 17.7 Å². The molecule has 0 aliphatic rings. The molecule has 1 aromatic rings. The average molecular weight is 496 g/mol. The van der Waals surface area contributed by atoms with Crippen LogP contribution in [0.1, 0.15) is 45.7 Å². The molecule has 1 rings (SSSR count). The SMILES string of the molecule is CCC(C)C(NC(=O)C(N)CCCN=C(N)N)C(=O)NC(Cc1cnc[nH]1)C(=O)NC(C)C(=O)O. The van der Waals surface area contributed by atoms with Crippen LogP contribution in [0.5, 0.6) is 0 Å². The number of carboxylic acids is 1. The maximum absolute atomic E-state index is 13.2. The molecule has 5 unspecified atom stereocenters. The second-order valence-electron chi connectivity index (χ2n) is 8.34. The summed E-state index contributed by atoms with van der Waals surface area (Å²) in [5.41, 5.74) is 17.1. The van der Waals surface area contributed by atoms with Gasteiger partial charge in [0.25, 0.3) is 0 Å². The molecule has 14 nitrogen and oxygen atoms in total. The Morgan fingerprint density at radius 2 is 1.80 bits per heavy atom. The van der Waals surface area contributed by atoms with Gasteiger partial charge >= 0.3 is 5.97 Å². The molecule has 11 N–H and O–H groups in total. The normalized spacial score (nSPS) is 15.1. The molecule has 0 saturated carbocycles. The fourth-order valence-corrected chi connectivity index (χ4v) is 3.08. The number of aromatic nitrogens is 2. The van der Waals surface area contributed by atoms with Crippen molar-refractivity contribution in [2.24, 2.45) is 28.1 Å². The van der Waals surface area contributed by atoms with Crippen molar-refractivity contribution < 1.29 is 24.3 Å². The highest BCUT2D eigenvalue weighted by Gasteiger charge is 2.32. The zero-order valence-electron chi connectivity index (χ0n) is 20.3. The third-order valence-corrected chi connectivity index (χ3v) is 5.44. The third kappa shape index (κ3) is 10.4. The molecule has 0 aliphatic heterocycles. The molecular formula is C21H37N9O5. The summed E-state index contributed by atoms with van der Waals surface area (Å²) in [6.07, 6.45) is 4.28. The van der Waals surface area contributed by atoms with Gasteiger partial charge in [-0.3, -0.25) is 24.2 Å². The molecule has 0 fully saturated rings. The van der Waals surface area contributed by atoms with Crippen LogP contribution < -0.4 is 33.2 Å². The summed E-state index contributed by atoms with van der Waals surface area (Å²) in [5.74, 6) is -3.35. The lowest BCUT2D eigenvalue weighted by molar-refractivity contribution is -0.141. The number of aromatic amines is 1. The van der Waals surface area contributed by atoms with Crippen molar-refractivity contribution in [3.63, 3.8) is 0 Å². The number of nitrogens with zero attached hydrogens (tertiary/aromatic N) is 2. The molecule has 0 spiro atoms. The molecule has 0 radical (unpaired) electrons. The molecule has 0 aromatic carbocycles. The average Bonchev–Trinajstić information content (AvgIpc) is 3.31. The lowest BCUT2D eigenvalue weighted by Crippen LogP contribution is -2.59. The first-order valence-electron chi connectivity index (χ1n) is 11.4. The molecule has 1 aromatic heterocycles. The van der Waals surface area contributed by atoms with E-state index in [1.807, 2.05) is 6.92 Å². The summed E-state index contributed by atoms with van der Waals surface area (Å²) in [6, 6.07) is -4.12. The number of guanidine groups is 1. The Morgan fingerprint density at radius 1 is 1.11 bits per heavy atom. The fourth-order valence-electron chi connectivity index (χ4n) is 3.08. The van der Waals surface area contributed by atoms with Crippen molar-refractivity contribution >= 4 is 29.7 Å². The number of rotatable bonds is 15. The summed E-state index contributed by atoms with van der Waals surface area (Å²) in [6.45, 7) is 5.27. The van der Waals surface area contributed by atoms with Gasteiger partial charge in [0.05, 0.1) is 12.4 Å². The number of imidazole rings is 1. The topological polar surface area (TPSA) is 244 Å². The highest BCUT2D eigenvalue weighted by Crippen LogP contribution is 2.10. The van der Waals surface area contributed by atoms with Gasteiger partial charge in [-0.1, -0.05) is 20.3 Å². The van der Waals surface area contributed by atoms with Gasteiger partial charge in [0.1, 0.15) is 18.1 Å². The number of aliphatic imine (C=N–C) groups is 1. The van der Waals surface area contributed by atoms with Gasteiger partial charge < -0.3 is 43.2 Å². The maximum Gasteiger partial charge on any atom is 0.325 e. The Kier molecular flexibility index (Phi) is 12.2. The summed E-state index contributed by atoms with van der Waals surface area (Å²) >= 11 is 0. The van der Waals surface area contributed by atoms with E-state index in [0.717, 1.165) is 0 Å². The van der Waals surface area contributed by atoms with Crippen LogP contribution in [0, 0.1) is 5.92 Å². The Balaban J connectivity index is 2.93. The number of amides is 3. The molecule has 5 atom stereocenters. The summed E-state index contributed by atoms with van der Waals surface area (Å²) < 4.78 is 0. The Morgan fingerprint density at radius 3 is 2.34 bits per heavy atom.